The van der Waals surface area contributed by atoms with Crippen LogP contribution in [0.15, 0.2) is 29.2 Å². The van der Waals surface area contributed by atoms with Crippen molar-refractivity contribution in [2.24, 2.45) is 0 Å². The van der Waals surface area contributed by atoms with Gasteiger partial charge in [0.05, 0.1) is 0 Å². The third kappa shape index (κ3) is 1.04. The summed E-state index contributed by atoms with van der Waals surface area (Å²) in [6.07, 6.45) is 0. The Labute approximate surface area is 72.3 Å². The summed E-state index contributed by atoms with van der Waals surface area (Å²) in [5, 5.41) is 3.28. The first-order chi connectivity index (χ1) is 4.86. The van der Waals surface area contributed by atoms with E-state index in [4.69, 9.17) is 0 Å². The van der Waals surface area contributed by atoms with Crippen LogP contribution in [0.2, 0.25) is 0 Å². The fourth-order valence-electron chi connectivity index (χ4n) is 0.952. The van der Waals surface area contributed by atoms with Gasteiger partial charge >= 0.3 is 0 Å². The van der Waals surface area contributed by atoms with Crippen molar-refractivity contribution in [1.29, 1.82) is 0 Å². The summed E-state index contributed by atoms with van der Waals surface area (Å²) in [4.78, 5) is 1.32. The molecule has 0 aliphatic carbocycles. The van der Waals surface area contributed by atoms with Crippen LogP contribution < -0.4 is 5.32 Å². The maximum atomic E-state index is 3.47. The van der Waals surface area contributed by atoms with E-state index >= 15 is 0 Å². The van der Waals surface area contributed by atoms with Gasteiger partial charge in [-0.1, -0.05) is 39.8 Å². The van der Waals surface area contributed by atoms with Crippen molar-refractivity contribution in [2.45, 2.75) is 9.18 Å². The molecule has 0 saturated heterocycles. The predicted octanol–water partition coefficient (Wildman–Crippen LogP) is 2.88. The largest absolute Gasteiger partial charge is 0.363 e. The number of hydrogen-bond acceptors (Lipinski definition) is 2. The zero-order chi connectivity index (χ0) is 6.97. The van der Waals surface area contributed by atoms with Gasteiger partial charge in [0.15, 0.2) is 0 Å². The smallest absolute Gasteiger partial charge is 0.133 e. The summed E-state index contributed by atoms with van der Waals surface area (Å²) in [5.74, 6) is 0. The Kier molecular flexibility index (Phi) is 1.62. The highest BCUT2D eigenvalue weighted by Gasteiger charge is 2.16. The first-order valence-electron chi connectivity index (χ1n) is 3.02. The van der Waals surface area contributed by atoms with E-state index in [1.807, 2.05) is 6.07 Å². The Bertz CT molecular complexity index is 226. The molecule has 0 bridgehead atoms. The minimum absolute atomic E-state index is 0.352. The Morgan fingerprint density at radius 1 is 1.40 bits per heavy atom. The van der Waals surface area contributed by atoms with E-state index < -0.39 is 0 Å². The van der Waals surface area contributed by atoms with Crippen molar-refractivity contribution in [1.82, 2.24) is 0 Å². The predicted molar refractivity (Wildman–Crippen MR) is 48.6 cm³/mol. The van der Waals surface area contributed by atoms with E-state index in [0.717, 1.165) is 0 Å². The van der Waals surface area contributed by atoms with Crippen molar-refractivity contribution < 1.29 is 0 Å². The number of fused-ring (bicyclic) bond motifs is 1. The number of thioether (sulfide) groups is 1. The molecule has 1 aromatic carbocycles. The monoisotopic (exact) mass is 215 g/mol. The summed E-state index contributed by atoms with van der Waals surface area (Å²) in [5.41, 5.74) is 1.23. The van der Waals surface area contributed by atoms with E-state index in [-0.39, 0.29) is 0 Å². The molecule has 1 aliphatic rings. The van der Waals surface area contributed by atoms with Gasteiger partial charge in [-0.2, -0.15) is 0 Å². The number of nitrogens with one attached hydrogen (secondary N) is 1. The van der Waals surface area contributed by atoms with Gasteiger partial charge in [-0.25, -0.2) is 0 Å². The Morgan fingerprint density at radius 3 is 3.00 bits per heavy atom. The van der Waals surface area contributed by atoms with Crippen molar-refractivity contribution >= 4 is 33.4 Å². The molecular formula is C7H6BrNS. The van der Waals surface area contributed by atoms with Gasteiger partial charge < -0.3 is 5.32 Å². The number of benzene rings is 1. The van der Waals surface area contributed by atoms with E-state index in [2.05, 4.69) is 39.4 Å². The first-order valence-corrected chi connectivity index (χ1v) is 4.82. The second-order valence-electron chi connectivity index (χ2n) is 2.07. The topological polar surface area (TPSA) is 12.0 Å². The number of halogens is 1. The van der Waals surface area contributed by atoms with Crippen LogP contribution in [0, 0.1) is 0 Å². The Hall–Kier alpha value is -0.150. The van der Waals surface area contributed by atoms with E-state index in [1.165, 1.54) is 10.6 Å². The molecule has 3 heteroatoms. The second-order valence-corrected chi connectivity index (χ2v) is 4.74. The molecule has 1 N–H and O–H groups in total. The molecule has 0 aromatic heterocycles. The Balaban J connectivity index is 2.42. The number of para-hydroxylation sites is 1. The van der Waals surface area contributed by atoms with Crippen LogP contribution in [0.4, 0.5) is 5.69 Å². The second kappa shape index (κ2) is 2.47. The SMILES string of the molecule is BrC1Nc2ccccc2S1. The van der Waals surface area contributed by atoms with Crippen LogP contribution in [0.3, 0.4) is 0 Å². The molecule has 1 atom stereocenters. The van der Waals surface area contributed by atoms with Gasteiger partial charge in [0.25, 0.3) is 0 Å². The van der Waals surface area contributed by atoms with Crippen molar-refractivity contribution in [3.8, 4) is 0 Å². The molecule has 0 spiro atoms. The normalized spacial score (nSPS) is 21.9. The van der Waals surface area contributed by atoms with Gasteiger partial charge in [0, 0.05) is 10.6 Å². The van der Waals surface area contributed by atoms with Crippen molar-refractivity contribution in [3.05, 3.63) is 24.3 Å². The van der Waals surface area contributed by atoms with Crippen LogP contribution in [0.25, 0.3) is 0 Å². The van der Waals surface area contributed by atoms with Gasteiger partial charge in [-0.15, -0.1) is 0 Å². The molecule has 0 fully saturated rings. The highest BCUT2D eigenvalue weighted by molar-refractivity contribution is 9.11. The summed E-state index contributed by atoms with van der Waals surface area (Å²) >= 11 is 5.27. The molecule has 1 aliphatic heterocycles. The molecule has 2 rings (SSSR count). The fraction of sp³-hybridized carbons (Fsp3) is 0.143. The summed E-state index contributed by atoms with van der Waals surface area (Å²) < 4.78 is 0.352. The molecule has 0 saturated carbocycles. The summed E-state index contributed by atoms with van der Waals surface area (Å²) in [7, 11) is 0. The molecule has 0 radical (unpaired) electrons. The van der Waals surface area contributed by atoms with Crippen LogP contribution in [-0.2, 0) is 0 Å². The molecular weight excluding hydrogens is 210 g/mol. The minimum Gasteiger partial charge on any atom is -0.363 e. The quantitative estimate of drug-likeness (QED) is 0.528. The van der Waals surface area contributed by atoms with E-state index in [1.54, 1.807) is 11.8 Å². The minimum atomic E-state index is 0.352. The first kappa shape index (κ1) is 6.55. The van der Waals surface area contributed by atoms with Gasteiger partial charge in [-0.05, 0) is 12.1 Å². The maximum absolute atomic E-state index is 3.47. The lowest BCUT2D eigenvalue weighted by Gasteiger charge is -1.97. The molecule has 1 nitrogen and oxygen atoms in total. The third-order valence-electron chi connectivity index (χ3n) is 1.39. The van der Waals surface area contributed by atoms with Crippen LogP contribution in [0.5, 0.6) is 0 Å². The molecule has 1 unspecified atom stereocenters. The zero-order valence-corrected chi connectivity index (χ0v) is 7.58. The zero-order valence-electron chi connectivity index (χ0n) is 5.17. The summed E-state index contributed by atoms with van der Waals surface area (Å²) in [6.45, 7) is 0. The number of anilines is 1. The van der Waals surface area contributed by atoms with Crippen molar-refractivity contribution in [3.63, 3.8) is 0 Å². The molecule has 10 heavy (non-hydrogen) atoms. The Morgan fingerprint density at radius 2 is 2.20 bits per heavy atom. The standard InChI is InChI=1S/C7H6BrNS/c8-7-9-5-3-1-2-4-6(5)10-7/h1-4,7,9H. The summed E-state index contributed by atoms with van der Waals surface area (Å²) in [6, 6.07) is 8.30. The van der Waals surface area contributed by atoms with Crippen LogP contribution in [-0.4, -0.2) is 4.28 Å². The highest BCUT2D eigenvalue weighted by Crippen LogP contribution is 2.40. The fourth-order valence-corrected chi connectivity index (χ4v) is 2.62. The van der Waals surface area contributed by atoms with Gasteiger partial charge in [0.1, 0.15) is 4.28 Å². The lowest BCUT2D eigenvalue weighted by molar-refractivity contribution is 1.40. The lowest BCUT2D eigenvalue weighted by atomic mass is 10.3. The average molecular weight is 216 g/mol. The molecule has 1 aromatic rings. The van der Waals surface area contributed by atoms with Gasteiger partial charge in [-0.3, -0.25) is 0 Å². The highest BCUT2D eigenvalue weighted by atomic mass is 79.9. The molecule has 52 valence electrons. The van der Waals surface area contributed by atoms with Crippen molar-refractivity contribution in [2.75, 3.05) is 5.32 Å². The maximum Gasteiger partial charge on any atom is 0.133 e. The molecule has 0 amide bonds. The van der Waals surface area contributed by atoms with Gasteiger partial charge in [0.2, 0.25) is 0 Å². The average Bonchev–Trinajstić information content (AvgIpc) is 2.27. The number of rotatable bonds is 0. The number of alkyl halides is 1. The number of hydrogen-bond donors (Lipinski definition) is 1. The van der Waals surface area contributed by atoms with Crippen LogP contribution >= 0.6 is 27.7 Å². The third-order valence-corrected chi connectivity index (χ3v) is 3.11. The van der Waals surface area contributed by atoms with E-state index in [0.29, 0.717) is 4.28 Å². The van der Waals surface area contributed by atoms with Crippen LogP contribution in [0.1, 0.15) is 0 Å². The lowest BCUT2D eigenvalue weighted by Crippen LogP contribution is -1.97. The molecule has 1 heterocycles. The van der Waals surface area contributed by atoms with E-state index in [9.17, 15) is 0 Å².